The Hall–Kier alpha value is -0.0400. The second-order valence-corrected chi connectivity index (χ2v) is 9.17. The van der Waals surface area contributed by atoms with Gasteiger partial charge in [0.1, 0.15) is 0 Å². The SMILES string of the molecule is CCCCCCCCCCCCCCCNCCCCCCCCCCCC. The lowest BCUT2D eigenvalue weighted by Crippen LogP contribution is -2.16. The van der Waals surface area contributed by atoms with E-state index in [-0.39, 0.29) is 0 Å². The molecule has 1 N–H and O–H groups in total. The van der Waals surface area contributed by atoms with Crippen molar-refractivity contribution in [2.45, 2.75) is 162 Å². The Balaban J connectivity index is 2.96. The van der Waals surface area contributed by atoms with Gasteiger partial charge < -0.3 is 5.32 Å². The van der Waals surface area contributed by atoms with Gasteiger partial charge in [-0.15, -0.1) is 0 Å². The molecular formula is C27H57N. The molecule has 0 atom stereocenters. The van der Waals surface area contributed by atoms with E-state index in [0.29, 0.717) is 0 Å². The lowest BCUT2D eigenvalue weighted by molar-refractivity contribution is 0.521. The molecule has 0 amide bonds. The molecule has 1 heteroatoms. The van der Waals surface area contributed by atoms with E-state index in [9.17, 15) is 0 Å². The van der Waals surface area contributed by atoms with Crippen LogP contribution in [0.4, 0.5) is 0 Å². The maximum atomic E-state index is 3.65. The van der Waals surface area contributed by atoms with E-state index in [0.717, 1.165) is 0 Å². The van der Waals surface area contributed by atoms with Crippen molar-refractivity contribution in [3.05, 3.63) is 0 Å². The molecule has 0 heterocycles. The Morgan fingerprint density at radius 1 is 0.286 bits per heavy atom. The molecule has 0 aromatic heterocycles. The van der Waals surface area contributed by atoms with Gasteiger partial charge >= 0.3 is 0 Å². The largest absolute Gasteiger partial charge is 0.317 e. The summed E-state index contributed by atoms with van der Waals surface area (Å²) in [4.78, 5) is 0. The summed E-state index contributed by atoms with van der Waals surface area (Å²) >= 11 is 0. The highest BCUT2D eigenvalue weighted by atomic mass is 14.8. The summed E-state index contributed by atoms with van der Waals surface area (Å²) in [5.74, 6) is 0. The van der Waals surface area contributed by atoms with Gasteiger partial charge in [0.05, 0.1) is 0 Å². The third-order valence-corrected chi connectivity index (χ3v) is 6.16. The minimum atomic E-state index is 1.24. The maximum absolute atomic E-state index is 3.65. The first-order valence-electron chi connectivity index (χ1n) is 13.6. The zero-order valence-corrected chi connectivity index (χ0v) is 20.2. The predicted molar refractivity (Wildman–Crippen MR) is 130 cm³/mol. The number of hydrogen-bond acceptors (Lipinski definition) is 1. The first-order valence-corrected chi connectivity index (χ1v) is 13.6. The van der Waals surface area contributed by atoms with Crippen molar-refractivity contribution in [3.63, 3.8) is 0 Å². The van der Waals surface area contributed by atoms with Gasteiger partial charge in [0.15, 0.2) is 0 Å². The van der Waals surface area contributed by atoms with Gasteiger partial charge in [-0.1, -0.05) is 149 Å². The molecule has 0 aromatic rings. The molecule has 28 heavy (non-hydrogen) atoms. The van der Waals surface area contributed by atoms with Gasteiger partial charge in [0.25, 0.3) is 0 Å². The minimum Gasteiger partial charge on any atom is -0.317 e. The van der Waals surface area contributed by atoms with Gasteiger partial charge in [0.2, 0.25) is 0 Å². The van der Waals surface area contributed by atoms with E-state index in [4.69, 9.17) is 0 Å². The molecule has 0 unspecified atom stereocenters. The van der Waals surface area contributed by atoms with Crippen LogP contribution in [0.3, 0.4) is 0 Å². The first-order chi connectivity index (χ1) is 13.9. The van der Waals surface area contributed by atoms with Gasteiger partial charge in [-0.2, -0.15) is 0 Å². The molecule has 0 bridgehead atoms. The molecule has 0 spiro atoms. The number of nitrogens with one attached hydrogen (secondary N) is 1. The third-order valence-electron chi connectivity index (χ3n) is 6.16. The monoisotopic (exact) mass is 395 g/mol. The molecule has 0 fully saturated rings. The molecule has 170 valence electrons. The molecular weight excluding hydrogens is 338 g/mol. The van der Waals surface area contributed by atoms with Crippen LogP contribution in [0, 0.1) is 0 Å². The molecule has 0 saturated heterocycles. The first kappa shape index (κ1) is 28.0. The molecule has 0 radical (unpaired) electrons. The fraction of sp³-hybridized carbons (Fsp3) is 1.00. The van der Waals surface area contributed by atoms with E-state index in [1.807, 2.05) is 0 Å². The molecule has 0 saturated carbocycles. The number of unbranched alkanes of at least 4 members (excludes halogenated alkanes) is 21. The van der Waals surface area contributed by atoms with Crippen LogP contribution in [0.5, 0.6) is 0 Å². The quantitative estimate of drug-likeness (QED) is 0.152. The number of hydrogen-bond donors (Lipinski definition) is 1. The summed E-state index contributed by atoms with van der Waals surface area (Å²) < 4.78 is 0. The van der Waals surface area contributed by atoms with Gasteiger partial charge in [-0.05, 0) is 25.9 Å². The van der Waals surface area contributed by atoms with Crippen molar-refractivity contribution in [3.8, 4) is 0 Å². The standard InChI is InChI=1S/C27H57N/c1-3-5-7-9-11-13-15-16-17-19-21-23-25-27-28-26-24-22-20-18-14-12-10-8-6-4-2/h28H,3-27H2,1-2H3. The molecule has 0 aliphatic rings. The van der Waals surface area contributed by atoms with Gasteiger partial charge in [-0.3, -0.25) is 0 Å². The normalized spacial score (nSPS) is 11.4. The Kier molecular flexibility index (Phi) is 26.9. The Labute approximate surface area is 180 Å². The molecule has 1 nitrogen and oxygen atoms in total. The highest BCUT2D eigenvalue weighted by Gasteiger charge is 1.95. The van der Waals surface area contributed by atoms with E-state index >= 15 is 0 Å². The molecule has 0 rings (SSSR count). The van der Waals surface area contributed by atoms with Crippen molar-refractivity contribution in [2.24, 2.45) is 0 Å². The topological polar surface area (TPSA) is 12.0 Å². The minimum absolute atomic E-state index is 1.24. The van der Waals surface area contributed by atoms with Crippen LogP contribution < -0.4 is 5.32 Å². The van der Waals surface area contributed by atoms with Crippen molar-refractivity contribution in [1.82, 2.24) is 5.32 Å². The van der Waals surface area contributed by atoms with Crippen LogP contribution in [-0.2, 0) is 0 Å². The number of rotatable bonds is 25. The van der Waals surface area contributed by atoms with Gasteiger partial charge in [0, 0.05) is 0 Å². The second kappa shape index (κ2) is 27.0. The van der Waals surface area contributed by atoms with Crippen molar-refractivity contribution < 1.29 is 0 Å². The highest BCUT2D eigenvalue weighted by molar-refractivity contribution is 4.53. The summed E-state index contributed by atoms with van der Waals surface area (Å²) in [6, 6.07) is 0. The lowest BCUT2D eigenvalue weighted by Gasteiger charge is -2.06. The molecule has 0 aromatic carbocycles. The van der Waals surface area contributed by atoms with E-state index in [1.165, 1.54) is 161 Å². The summed E-state index contributed by atoms with van der Waals surface area (Å²) in [7, 11) is 0. The van der Waals surface area contributed by atoms with Crippen LogP contribution in [0.15, 0.2) is 0 Å². The van der Waals surface area contributed by atoms with Gasteiger partial charge in [-0.25, -0.2) is 0 Å². The Bertz CT molecular complexity index is 225. The predicted octanol–water partition coefficient (Wildman–Crippen LogP) is 9.59. The van der Waals surface area contributed by atoms with Crippen LogP contribution >= 0.6 is 0 Å². The zero-order valence-electron chi connectivity index (χ0n) is 20.2. The average Bonchev–Trinajstić information content (AvgIpc) is 2.71. The van der Waals surface area contributed by atoms with E-state index in [2.05, 4.69) is 19.2 Å². The summed E-state index contributed by atoms with van der Waals surface area (Å²) in [6.07, 6.45) is 33.3. The molecule has 0 aliphatic carbocycles. The van der Waals surface area contributed by atoms with Crippen LogP contribution in [0.2, 0.25) is 0 Å². The van der Waals surface area contributed by atoms with Crippen molar-refractivity contribution >= 4 is 0 Å². The van der Waals surface area contributed by atoms with Crippen LogP contribution in [0.25, 0.3) is 0 Å². The fourth-order valence-electron chi connectivity index (χ4n) is 4.13. The van der Waals surface area contributed by atoms with Crippen molar-refractivity contribution in [1.29, 1.82) is 0 Å². The lowest BCUT2D eigenvalue weighted by atomic mass is 10.0. The van der Waals surface area contributed by atoms with E-state index < -0.39 is 0 Å². The highest BCUT2D eigenvalue weighted by Crippen LogP contribution is 2.12. The fourth-order valence-corrected chi connectivity index (χ4v) is 4.13. The summed E-state index contributed by atoms with van der Waals surface area (Å²) in [5.41, 5.74) is 0. The smallest absolute Gasteiger partial charge is 0.00489 e. The second-order valence-electron chi connectivity index (χ2n) is 9.17. The summed E-state index contributed by atoms with van der Waals surface area (Å²) in [5, 5.41) is 3.65. The van der Waals surface area contributed by atoms with Crippen LogP contribution in [-0.4, -0.2) is 13.1 Å². The van der Waals surface area contributed by atoms with Crippen molar-refractivity contribution in [2.75, 3.05) is 13.1 Å². The Morgan fingerprint density at radius 3 is 0.750 bits per heavy atom. The average molecular weight is 396 g/mol. The summed E-state index contributed by atoms with van der Waals surface area (Å²) in [6.45, 7) is 7.09. The molecule has 0 aliphatic heterocycles. The zero-order chi connectivity index (χ0) is 20.4. The third kappa shape index (κ3) is 26.0. The van der Waals surface area contributed by atoms with E-state index in [1.54, 1.807) is 0 Å². The maximum Gasteiger partial charge on any atom is -0.00489 e. The Morgan fingerprint density at radius 2 is 0.500 bits per heavy atom. The van der Waals surface area contributed by atoms with Crippen LogP contribution in [0.1, 0.15) is 162 Å².